The highest BCUT2D eigenvalue weighted by molar-refractivity contribution is 6.12. The van der Waals surface area contributed by atoms with Crippen molar-refractivity contribution in [2.45, 2.75) is 0 Å². The fourth-order valence-corrected chi connectivity index (χ4v) is 8.14. The van der Waals surface area contributed by atoms with E-state index in [1.807, 2.05) is 36.4 Å². The van der Waals surface area contributed by atoms with E-state index in [1.165, 1.54) is 0 Å². The van der Waals surface area contributed by atoms with E-state index in [0.717, 1.165) is 84.9 Å². The molecule has 0 spiro atoms. The molecule has 9 aromatic carbocycles. The van der Waals surface area contributed by atoms with E-state index in [9.17, 15) is 13.2 Å². The van der Waals surface area contributed by atoms with Crippen molar-refractivity contribution in [3.05, 3.63) is 236 Å². The van der Waals surface area contributed by atoms with Crippen LogP contribution >= 0.6 is 0 Å². The van der Waals surface area contributed by atoms with Gasteiger partial charge >= 0.3 is 0 Å². The summed E-state index contributed by atoms with van der Waals surface area (Å²) in [6, 6.07) is 73.0. The molecule has 0 aliphatic rings. The van der Waals surface area contributed by atoms with Crippen LogP contribution in [0.2, 0.25) is 0 Å². The fraction of sp³-hybridized carbons (Fsp3) is 0. The Morgan fingerprint density at radius 1 is 0.300 bits per heavy atom. The first-order valence-corrected chi connectivity index (χ1v) is 19.7. The lowest BCUT2D eigenvalue weighted by atomic mass is 10.00. The van der Waals surface area contributed by atoms with Crippen LogP contribution in [0.1, 0.15) is 0 Å². The van der Waals surface area contributed by atoms with Gasteiger partial charge in [-0.2, -0.15) is 0 Å². The summed E-state index contributed by atoms with van der Waals surface area (Å²) in [6.07, 6.45) is 0. The second-order valence-electron chi connectivity index (χ2n) is 14.6. The van der Waals surface area contributed by atoms with Crippen molar-refractivity contribution in [2.75, 3.05) is 9.80 Å². The first kappa shape index (κ1) is 36.5. The van der Waals surface area contributed by atoms with Crippen molar-refractivity contribution in [1.29, 1.82) is 0 Å². The highest BCUT2D eigenvalue weighted by atomic mass is 19.2. The molecular weight excluding hydrogens is 748 g/mol. The summed E-state index contributed by atoms with van der Waals surface area (Å²) >= 11 is 0. The minimum absolute atomic E-state index is 0.275. The Balaban J connectivity index is 1.11. The summed E-state index contributed by atoms with van der Waals surface area (Å²) in [5.74, 6) is -3.89. The van der Waals surface area contributed by atoms with Crippen LogP contribution < -0.4 is 9.80 Å². The zero-order valence-electron chi connectivity index (χ0n) is 32.3. The predicted octanol–water partition coefficient (Wildman–Crippen LogP) is 15.5. The Morgan fingerprint density at radius 3 is 1.00 bits per heavy atom. The van der Waals surface area contributed by atoms with Gasteiger partial charge in [0.25, 0.3) is 0 Å². The molecule has 1 heterocycles. The normalized spacial score (nSPS) is 11.2. The molecule has 0 radical (unpaired) electrons. The number of halogens is 3. The van der Waals surface area contributed by atoms with Gasteiger partial charge in [-0.15, -0.1) is 0 Å². The molecule has 0 amide bonds. The van der Waals surface area contributed by atoms with Gasteiger partial charge in [0.1, 0.15) is 0 Å². The van der Waals surface area contributed by atoms with Crippen LogP contribution in [0.25, 0.3) is 49.7 Å². The quantitative estimate of drug-likeness (QED) is 0.135. The van der Waals surface area contributed by atoms with Crippen LogP contribution in [0, 0.1) is 17.5 Å². The fourth-order valence-electron chi connectivity index (χ4n) is 8.14. The topological polar surface area (TPSA) is 11.4 Å². The third kappa shape index (κ3) is 6.74. The van der Waals surface area contributed by atoms with E-state index in [1.54, 1.807) is 12.1 Å². The molecule has 0 fully saturated rings. The number of nitrogens with zero attached hydrogens (tertiary/aromatic N) is 3. The summed E-state index contributed by atoms with van der Waals surface area (Å²) in [5.41, 5.74) is 12.2. The summed E-state index contributed by atoms with van der Waals surface area (Å²) in [5, 5.41) is 2.21. The van der Waals surface area contributed by atoms with E-state index in [2.05, 4.69) is 172 Å². The number of hydrogen-bond donors (Lipinski definition) is 0. The predicted molar refractivity (Wildman–Crippen MR) is 241 cm³/mol. The molecule has 0 unspecified atom stereocenters. The SMILES string of the molecule is Fc1cc(-c2ccc(-c3ccc(-n4c5ccc(N(c6ccccc6)c6ccccc6)cc5c5cc(N(c6ccccc6)c6ccccc6)ccc54)cc3)cc2)cc(F)c1F. The van der Waals surface area contributed by atoms with Gasteiger partial charge in [0, 0.05) is 50.6 Å². The van der Waals surface area contributed by atoms with Crippen LogP contribution in [-0.4, -0.2) is 4.57 Å². The Bertz CT molecular complexity index is 2850. The molecule has 6 heteroatoms. The minimum Gasteiger partial charge on any atom is -0.310 e. The summed E-state index contributed by atoms with van der Waals surface area (Å²) in [6.45, 7) is 0. The number of benzene rings is 9. The maximum Gasteiger partial charge on any atom is 0.194 e. The number of anilines is 6. The molecule has 0 N–H and O–H groups in total. The number of rotatable bonds is 9. The third-order valence-corrected chi connectivity index (χ3v) is 11.0. The molecule has 0 atom stereocenters. The lowest BCUT2D eigenvalue weighted by Crippen LogP contribution is -2.09. The molecule has 1 aromatic heterocycles. The van der Waals surface area contributed by atoms with E-state index in [0.29, 0.717) is 5.56 Å². The third-order valence-electron chi connectivity index (χ3n) is 11.0. The molecule has 0 saturated carbocycles. The Labute approximate surface area is 346 Å². The van der Waals surface area contributed by atoms with Crippen molar-refractivity contribution in [2.24, 2.45) is 0 Å². The van der Waals surface area contributed by atoms with Crippen LogP contribution in [0.4, 0.5) is 47.3 Å². The van der Waals surface area contributed by atoms with Crippen molar-refractivity contribution >= 4 is 55.9 Å². The molecule has 10 rings (SSSR count). The molecule has 10 aromatic rings. The monoisotopic (exact) mass is 783 g/mol. The van der Waals surface area contributed by atoms with Crippen molar-refractivity contribution in [3.8, 4) is 27.9 Å². The second kappa shape index (κ2) is 15.5. The van der Waals surface area contributed by atoms with Gasteiger partial charge in [-0.25, -0.2) is 13.2 Å². The summed E-state index contributed by atoms with van der Waals surface area (Å²) in [7, 11) is 0. The average molecular weight is 784 g/mol. The molecule has 0 saturated heterocycles. The van der Waals surface area contributed by atoms with Gasteiger partial charge in [0.05, 0.1) is 11.0 Å². The molecule has 3 nitrogen and oxygen atoms in total. The highest BCUT2D eigenvalue weighted by Gasteiger charge is 2.20. The van der Waals surface area contributed by atoms with Gasteiger partial charge in [0.2, 0.25) is 0 Å². The number of aromatic nitrogens is 1. The van der Waals surface area contributed by atoms with E-state index in [4.69, 9.17) is 0 Å². The number of para-hydroxylation sites is 4. The largest absolute Gasteiger partial charge is 0.310 e. The summed E-state index contributed by atoms with van der Waals surface area (Å²) in [4.78, 5) is 4.58. The van der Waals surface area contributed by atoms with Crippen LogP contribution in [0.5, 0.6) is 0 Å². The molecule has 288 valence electrons. The standard InChI is InChI=1S/C54H36F3N3/c55-50-33-40(34-51(56)54(50)57)39-23-21-37(22-24-39)38-25-27-45(28-26-38)60-52-31-29-46(58(41-13-5-1-6-14-41)42-15-7-2-8-16-42)35-48(52)49-36-47(30-32-53(49)60)59(43-17-9-3-10-18-43)44-19-11-4-12-20-44/h1-36H. The highest BCUT2D eigenvalue weighted by Crippen LogP contribution is 2.43. The number of fused-ring (bicyclic) bond motifs is 3. The van der Waals surface area contributed by atoms with Gasteiger partial charge < -0.3 is 14.4 Å². The van der Waals surface area contributed by atoms with Crippen LogP contribution in [0.3, 0.4) is 0 Å². The lowest BCUT2D eigenvalue weighted by Gasteiger charge is -2.26. The van der Waals surface area contributed by atoms with Gasteiger partial charge in [-0.1, -0.05) is 109 Å². The van der Waals surface area contributed by atoms with Gasteiger partial charge in [-0.3, -0.25) is 0 Å². The van der Waals surface area contributed by atoms with Crippen molar-refractivity contribution < 1.29 is 13.2 Å². The minimum atomic E-state index is -1.47. The zero-order valence-corrected chi connectivity index (χ0v) is 32.3. The van der Waals surface area contributed by atoms with Crippen LogP contribution in [-0.2, 0) is 0 Å². The first-order chi connectivity index (χ1) is 29.5. The smallest absolute Gasteiger partial charge is 0.194 e. The molecule has 60 heavy (non-hydrogen) atoms. The van der Waals surface area contributed by atoms with E-state index in [-0.39, 0.29) is 5.56 Å². The maximum atomic E-state index is 14.0. The van der Waals surface area contributed by atoms with E-state index >= 15 is 0 Å². The van der Waals surface area contributed by atoms with Crippen LogP contribution in [0.15, 0.2) is 218 Å². The Morgan fingerprint density at radius 2 is 0.633 bits per heavy atom. The zero-order chi connectivity index (χ0) is 40.6. The second-order valence-corrected chi connectivity index (χ2v) is 14.6. The first-order valence-electron chi connectivity index (χ1n) is 19.7. The molecule has 0 aliphatic carbocycles. The number of hydrogen-bond acceptors (Lipinski definition) is 2. The van der Waals surface area contributed by atoms with E-state index < -0.39 is 17.5 Å². The molecule has 0 bridgehead atoms. The molecular formula is C54H36F3N3. The van der Waals surface area contributed by atoms with Gasteiger partial charge in [-0.05, 0) is 131 Å². The van der Waals surface area contributed by atoms with Crippen molar-refractivity contribution in [3.63, 3.8) is 0 Å². The maximum absolute atomic E-state index is 14.0. The Kier molecular flexibility index (Phi) is 9.43. The summed E-state index contributed by atoms with van der Waals surface area (Å²) < 4.78 is 43.9. The van der Waals surface area contributed by atoms with Gasteiger partial charge in [0.15, 0.2) is 17.5 Å². The van der Waals surface area contributed by atoms with Crippen molar-refractivity contribution in [1.82, 2.24) is 4.57 Å². The lowest BCUT2D eigenvalue weighted by molar-refractivity contribution is 0.448. The average Bonchev–Trinajstić information content (AvgIpc) is 3.63. The Hall–Kier alpha value is -7.83. The molecule has 0 aliphatic heterocycles.